The number of hydrogen-bond donors (Lipinski definition) is 2. The van der Waals surface area contributed by atoms with Gasteiger partial charge in [-0.15, -0.1) is 0 Å². The van der Waals surface area contributed by atoms with Crippen molar-refractivity contribution < 1.29 is 14.9 Å². The predicted octanol–water partition coefficient (Wildman–Crippen LogP) is 3.82. The highest BCUT2D eigenvalue weighted by atomic mass is 16.5. The molecule has 0 bridgehead atoms. The fraction of sp³-hybridized carbons (Fsp3) is 0.500. The maximum absolute atomic E-state index is 11.2. The van der Waals surface area contributed by atoms with Gasteiger partial charge in [0.05, 0.1) is 12.7 Å². The molecule has 2 aromatic carbocycles. The quantitative estimate of drug-likeness (QED) is 0.799. The molecule has 0 amide bonds. The minimum Gasteiger partial charge on any atom is -0.508 e. The van der Waals surface area contributed by atoms with E-state index < -0.39 is 5.60 Å². The monoisotopic (exact) mass is 381 g/mol. The summed E-state index contributed by atoms with van der Waals surface area (Å²) in [4.78, 5) is 2.55. The highest BCUT2D eigenvalue weighted by molar-refractivity contribution is 5.30. The van der Waals surface area contributed by atoms with E-state index in [0.717, 1.165) is 43.8 Å². The Balaban J connectivity index is 1.33. The number of aromatic hydroxyl groups is 1. The lowest BCUT2D eigenvalue weighted by atomic mass is 9.91. The van der Waals surface area contributed by atoms with Gasteiger partial charge in [0, 0.05) is 26.1 Å². The van der Waals surface area contributed by atoms with Crippen molar-refractivity contribution in [1.29, 1.82) is 0 Å². The molecule has 2 N–H and O–H groups in total. The van der Waals surface area contributed by atoms with Gasteiger partial charge >= 0.3 is 0 Å². The average Bonchev–Trinajstić information content (AvgIpc) is 3.16. The summed E-state index contributed by atoms with van der Waals surface area (Å²) in [5.74, 6) is 2.79. The van der Waals surface area contributed by atoms with Crippen LogP contribution >= 0.6 is 0 Å². The molecule has 1 aliphatic heterocycles. The molecule has 0 radical (unpaired) electrons. The van der Waals surface area contributed by atoms with Gasteiger partial charge in [-0.1, -0.05) is 31.2 Å². The summed E-state index contributed by atoms with van der Waals surface area (Å²) in [6.07, 6.45) is 2.49. The first-order valence-corrected chi connectivity index (χ1v) is 10.3. The van der Waals surface area contributed by atoms with Gasteiger partial charge in [-0.3, -0.25) is 0 Å². The maximum Gasteiger partial charge on any atom is 0.119 e. The Morgan fingerprint density at radius 2 is 1.79 bits per heavy atom. The summed E-state index contributed by atoms with van der Waals surface area (Å²) < 4.78 is 5.32. The van der Waals surface area contributed by atoms with Crippen LogP contribution in [0.25, 0.3) is 0 Å². The Labute approximate surface area is 167 Å². The van der Waals surface area contributed by atoms with Crippen molar-refractivity contribution in [3.05, 3.63) is 59.7 Å². The first-order valence-electron chi connectivity index (χ1n) is 10.3. The normalized spacial score (nSPS) is 28.2. The molecule has 2 unspecified atom stereocenters. The van der Waals surface area contributed by atoms with Crippen LogP contribution in [0.1, 0.15) is 36.8 Å². The number of nitrogens with zero attached hydrogens (tertiary/aromatic N) is 1. The zero-order valence-corrected chi connectivity index (χ0v) is 16.8. The molecule has 0 aromatic heterocycles. The Morgan fingerprint density at radius 3 is 2.43 bits per heavy atom. The molecule has 4 heteroatoms. The number of ether oxygens (including phenoxy) is 1. The SMILES string of the molecule is COc1cccc(CC2(O)C[C@H]3CN(CC(C)c4ccc(O)cc4)C[C@H]3C2)c1. The summed E-state index contributed by atoms with van der Waals surface area (Å²) in [6.45, 7) is 5.44. The van der Waals surface area contributed by atoms with Gasteiger partial charge in [-0.25, -0.2) is 0 Å². The number of methoxy groups -OCH3 is 1. The largest absolute Gasteiger partial charge is 0.508 e. The summed E-state index contributed by atoms with van der Waals surface area (Å²) in [5, 5.41) is 20.7. The van der Waals surface area contributed by atoms with E-state index in [-0.39, 0.29) is 0 Å². The van der Waals surface area contributed by atoms with Crippen LogP contribution in [0.15, 0.2) is 48.5 Å². The number of rotatable bonds is 6. The second-order valence-corrected chi connectivity index (χ2v) is 8.89. The number of phenolic OH excluding ortho intramolecular Hbond substituents is 1. The molecule has 2 aliphatic rings. The van der Waals surface area contributed by atoms with E-state index in [0.29, 0.717) is 29.9 Å². The average molecular weight is 382 g/mol. The van der Waals surface area contributed by atoms with Crippen LogP contribution in [0.3, 0.4) is 0 Å². The molecule has 0 spiro atoms. The Hall–Kier alpha value is -2.04. The van der Waals surface area contributed by atoms with Crippen molar-refractivity contribution in [2.75, 3.05) is 26.7 Å². The summed E-state index contributed by atoms with van der Waals surface area (Å²) >= 11 is 0. The molecular formula is C24H31NO3. The zero-order valence-electron chi connectivity index (χ0n) is 16.8. The third-order valence-corrected chi connectivity index (χ3v) is 6.60. The third kappa shape index (κ3) is 4.18. The topological polar surface area (TPSA) is 52.9 Å². The van der Waals surface area contributed by atoms with Crippen LogP contribution in [0.4, 0.5) is 0 Å². The second-order valence-electron chi connectivity index (χ2n) is 8.89. The van der Waals surface area contributed by atoms with Crippen molar-refractivity contribution in [3.8, 4) is 11.5 Å². The summed E-state index contributed by atoms with van der Waals surface area (Å²) in [7, 11) is 1.68. The molecule has 150 valence electrons. The summed E-state index contributed by atoms with van der Waals surface area (Å²) in [5.41, 5.74) is 1.83. The fourth-order valence-corrected chi connectivity index (χ4v) is 5.31. The van der Waals surface area contributed by atoms with Gasteiger partial charge in [0.2, 0.25) is 0 Å². The lowest BCUT2D eigenvalue weighted by molar-refractivity contribution is 0.0353. The number of aliphatic hydroxyl groups is 1. The Kier molecular flexibility index (Phi) is 5.35. The Morgan fingerprint density at radius 1 is 1.11 bits per heavy atom. The van der Waals surface area contributed by atoms with Crippen LogP contribution in [-0.4, -0.2) is 47.5 Å². The van der Waals surface area contributed by atoms with Crippen LogP contribution in [0, 0.1) is 11.8 Å². The first kappa shape index (κ1) is 19.3. The molecule has 1 saturated carbocycles. The van der Waals surface area contributed by atoms with E-state index in [2.05, 4.69) is 17.9 Å². The van der Waals surface area contributed by atoms with E-state index in [1.807, 2.05) is 30.3 Å². The zero-order chi connectivity index (χ0) is 19.7. The molecule has 4 atom stereocenters. The molecule has 4 nitrogen and oxygen atoms in total. The van der Waals surface area contributed by atoms with Gasteiger partial charge in [0.1, 0.15) is 11.5 Å². The minimum absolute atomic E-state index is 0.321. The number of phenols is 1. The molecule has 28 heavy (non-hydrogen) atoms. The molecule has 2 fully saturated rings. The standard InChI is InChI=1S/C24H31NO3/c1-17(19-6-8-22(26)9-7-19)14-25-15-20-12-24(27,13-21(20)16-25)11-18-4-3-5-23(10-18)28-2/h3-10,17,20-21,26-27H,11-16H2,1-2H3/t17?,20-,21+,24?. The smallest absolute Gasteiger partial charge is 0.119 e. The third-order valence-electron chi connectivity index (χ3n) is 6.60. The van der Waals surface area contributed by atoms with Gasteiger partial charge < -0.3 is 19.8 Å². The van der Waals surface area contributed by atoms with Gasteiger partial charge in [0.25, 0.3) is 0 Å². The van der Waals surface area contributed by atoms with Gasteiger partial charge in [-0.2, -0.15) is 0 Å². The van der Waals surface area contributed by atoms with Gasteiger partial charge in [0.15, 0.2) is 0 Å². The number of hydrogen-bond acceptors (Lipinski definition) is 4. The van der Waals surface area contributed by atoms with E-state index in [1.54, 1.807) is 19.2 Å². The molecule has 2 aromatic rings. The second kappa shape index (κ2) is 7.76. The van der Waals surface area contributed by atoms with Crippen molar-refractivity contribution in [2.24, 2.45) is 11.8 Å². The minimum atomic E-state index is -0.587. The molecule has 4 rings (SSSR count). The van der Waals surface area contributed by atoms with Crippen molar-refractivity contribution in [1.82, 2.24) is 4.90 Å². The van der Waals surface area contributed by atoms with Crippen LogP contribution in [0.2, 0.25) is 0 Å². The van der Waals surface area contributed by atoms with Crippen molar-refractivity contribution in [2.45, 2.75) is 37.7 Å². The van der Waals surface area contributed by atoms with Gasteiger partial charge in [-0.05, 0) is 66.0 Å². The van der Waals surface area contributed by atoms with E-state index in [4.69, 9.17) is 4.74 Å². The van der Waals surface area contributed by atoms with Crippen LogP contribution < -0.4 is 4.74 Å². The highest BCUT2D eigenvalue weighted by Gasteiger charge is 2.48. The summed E-state index contributed by atoms with van der Waals surface area (Å²) in [6, 6.07) is 15.6. The van der Waals surface area contributed by atoms with Crippen LogP contribution in [-0.2, 0) is 6.42 Å². The first-order chi connectivity index (χ1) is 13.4. The Bertz CT molecular complexity index is 790. The molecule has 1 aliphatic carbocycles. The molecule has 1 heterocycles. The predicted molar refractivity (Wildman–Crippen MR) is 111 cm³/mol. The number of benzene rings is 2. The van der Waals surface area contributed by atoms with Crippen molar-refractivity contribution in [3.63, 3.8) is 0 Å². The molecular weight excluding hydrogens is 350 g/mol. The lowest BCUT2D eigenvalue weighted by Crippen LogP contribution is -2.33. The highest BCUT2D eigenvalue weighted by Crippen LogP contribution is 2.45. The lowest BCUT2D eigenvalue weighted by Gasteiger charge is -2.27. The molecule has 1 saturated heterocycles. The number of fused-ring (bicyclic) bond motifs is 1. The fourth-order valence-electron chi connectivity index (χ4n) is 5.31. The van der Waals surface area contributed by atoms with E-state index in [1.165, 1.54) is 5.56 Å². The number of likely N-dealkylation sites (tertiary alicyclic amines) is 1. The van der Waals surface area contributed by atoms with E-state index >= 15 is 0 Å². The van der Waals surface area contributed by atoms with Crippen LogP contribution in [0.5, 0.6) is 11.5 Å². The maximum atomic E-state index is 11.2. The van der Waals surface area contributed by atoms with Crippen molar-refractivity contribution >= 4 is 0 Å². The van der Waals surface area contributed by atoms with E-state index in [9.17, 15) is 10.2 Å².